The van der Waals surface area contributed by atoms with E-state index in [9.17, 15) is 13.5 Å². The van der Waals surface area contributed by atoms with Crippen LogP contribution >= 0.6 is 0 Å². The van der Waals surface area contributed by atoms with E-state index in [4.69, 9.17) is 4.42 Å². The van der Waals surface area contributed by atoms with Gasteiger partial charge in [-0.05, 0) is 31.0 Å². The summed E-state index contributed by atoms with van der Waals surface area (Å²) in [6.45, 7) is 0.0526. The molecular formula is C14H18N2O4S. The van der Waals surface area contributed by atoms with Crippen molar-refractivity contribution in [2.75, 3.05) is 0 Å². The summed E-state index contributed by atoms with van der Waals surface area (Å²) in [4.78, 5) is 0.215. The molecule has 114 valence electrons. The Morgan fingerprint density at radius 1 is 1.48 bits per heavy atom. The highest BCUT2D eigenvalue weighted by Crippen LogP contribution is 2.34. The first-order chi connectivity index (χ1) is 10.0. The molecule has 2 heterocycles. The van der Waals surface area contributed by atoms with Gasteiger partial charge in [0.25, 0.3) is 0 Å². The molecule has 0 bridgehead atoms. The van der Waals surface area contributed by atoms with Crippen molar-refractivity contribution >= 4 is 10.0 Å². The number of furan rings is 1. The summed E-state index contributed by atoms with van der Waals surface area (Å²) in [5, 5.41) is 9.22. The summed E-state index contributed by atoms with van der Waals surface area (Å²) in [5.74, 6) is 0.629. The van der Waals surface area contributed by atoms with Gasteiger partial charge in [-0.2, -0.15) is 4.31 Å². The Balaban J connectivity index is 1.93. The van der Waals surface area contributed by atoms with Crippen LogP contribution in [0.3, 0.4) is 0 Å². The Labute approximate surface area is 123 Å². The lowest BCUT2D eigenvalue weighted by Crippen LogP contribution is -2.32. The summed E-state index contributed by atoms with van der Waals surface area (Å²) >= 11 is 0. The first-order valence-corrected chi connectivity index (χ1v) is 8.26. The van der Waals surface area contributed by atoms with Crippen molar-refractivity contribution < 1.29 is 17.9 Å². The largest absolute Gasteiger partial charge is 0.468 e. The highest BCUT2D eigenvalue weighted by Gasteiger charge is 2.39. The Bertz CT molecular complexity index is 714. The molecule has 1 aliphatic rings. The molecule has 0 aliphatic heterocycles. The second-order valence-electron chi connectivity index (χ2n) is 5.30. The van der Waals surface area contributed by atoms with Crippen LogP contribution in [0.1, 0.15) is 24.3 Å². The number of hydrogen-bond donors (Lipinski definition) is 1. The van der Waals surface area contributed by atoms with Gasteiger partial charge in [-0.25, -0.2) is 8.42 Å². The molecular weight excluding hydrogens is 292 g/mol. The Hall–Kier alpha value is -1.57. The Morgan fingerprint density at radius 3 is 2.76 bits per heavy atom. The molecule has 1 N–H and O–H groups in total. The van der Waals surface area contributed by atoms with Crippen LogP contribution in [0.2, 0.25) is 0 Å². The average molecular weight is 310 g/mol. The second kappa shape index (κ2) is 5.32. The first-order valence-electron chi connectivity index (χ1n) is 6.82. The maximum atomic E-state index is 12.8. The second-order valence-corrected chi connectivity index (χ2v) is 7.19. The molecule has 2 aromatic rings. The van der Waals surface area contributed by atoms with Gasteiger partial charge >= 0.3 is 0 Å². The van der Waals surface area contributed by atoms with Crippen LogP contribution < -0.4 is 0 Å². The van der Waals surface area contributed by atoms with Crippen molar-refractivity contribution in [3.8, 4) is 0 Å². The monoisotopic (exact) mass is 310 g/mol. The van der Waals surface area contributed by atoms with E-state index in [0.717, 1.165) is 12.8 Å². The van der Waals surface area contributed by atoms with Crippen LogP contribution in [0.4, 0.5) is 0 Å². The number of rotatable bonds is 6. The van der Waals surface area contributed by atoms with Crippen molar-refractivity contribution in [3.05, 3.63) is 42.1 Å². The molecule has 2 aromatic heterocycles. The maximum Gasteiger partial charge on any atom is 0.245 e. The van der Waals surface area contributed by atoms with E-state index < -0.39 is 10.0 Å². The zero-order valence-corrected chi connectivity index (χ0v) is 12.6. The fourth-order valence-electron chi connectivity index (χ4n) is 2.34. The fraction of sp³-hybridized carbons (Fsp3) is 0.429. The van der Waals surface area contributed by atoms with E-state index in [2.05, 4.69) is 0 Å². The molecule has 7 heteroatoms. The van der Waals surface area contributed by atoms with Crippen molar-refractivity contribution in [1.82, 2.24) is 8.87 Å². The van der Waals surface area contributed by atoms with Gasteiger partial charge in [0, 0.05) is 25.0 Å². The Morgan fingerprint density at radius 2 is 2.24 bits per heavy atom. The van der Waals surface area contributed by atoms with Crippen LogP contribution in [0.15, 0.2) is 40.0 Å². The summed E-state index contributed by atoms with van der Waals surface area (Å²) < 4.78 is 34.0. The van der Waals surface area contributed by atoms with E-state index in [-0.39, 0.29) is 24.1 Å². The minimum atomic E-state index is -3.58. The number of aryl methyl sites for hydroxylation is 1. The van der Waals surface area contributed by atoms with E-state index in [1.807, 2.05) is 0 Å². The third kappa shape index (κ3) is 2.76. The molecule has 21 heavy (non-hydrogen) atoms. The lowest BCUT2D eigenvalue weighted by Gasteiger charge is -2.20. The lowest BCUT2D eigenvalue weighted by molar-refractivity contribution is 0.272. The molecule has 0 aromatic carbocycles. The van der Waals surface area contributed by atoms with E-state index in [1.54, 1.807) is 36.2 Å². The van der Waals surface area contributed by atoms with Crippen LogP contribution in [-0.4, -0.2) is 28.4 Å². The standard InChI is InChI=1S/C14H18N2O4S/c1-15-9-14(7-12(15)10-17)21(18,19)16(11-4-5-11)8-13-3-2-6-20-13/h2-3,6-7,9,11,17H,4-5,8,10H2,1H3. The van der Waals surface area contributed by atoms with Crippen LogP contribution in [0, 0.1) is 0 Å². The minimum absolute atomic E-state index is 0.0397. The predicted octanol–water partition coefficient (Wildman–Crippen LogP) is 1.46. The van der Waals surface area contributed by atoms with Crippen LogP contribution in [0.25, 0.3) is 0 Å². The van der Waals surface area contributed by atoms with E-state index in [0.29, 0.717) is 11.5 Å². The third-order valence-electron chi connectivity index (χ3n) is 3.70. The smallest absolute Gasteiger partial charge is 0.245 e. The molecule has 0 saturated heterocycles. The molecule has 0 unspecified atom stereocenters. The molecule has 0 spiro atoms. The summed E-state index contributed by atoms with van der Waals surface area (Å²) in [5.41, 5.74) is 0.572. The van der Waals surface area contributed by atoms with Crippen molar-refractivity contribution in [3.63, 3.8) is 0 Å². The molecule has 6 nitrogen and oxygen atoms in total. The van der Waals surface area contributed by atoms with Crippen molar-refractivity contribution in [2.45, 2.75) is 36.9 Å². The summed E-state index contributed by atoms with van der Waals surface area (Å²) in [6.07, 6.45) is 4.83. The maximum absolute atomic E-state index is 12.8. The predicted molar refractivity (Wildman–Crippen MR) is 75.8 cm³/mol. The number of aliphatic hydroxyl groups is 1. The van der Waals surface area contributed by atoms with Gasteiger partial charge in [-0.1, -0.05) is 0 Å². The minimum Gasteiger partial charge on any atom is -0.468 e. The average Bonchev–Trinajstić information content (AvgIpc) is 3.00. The molecule has 1 fully saturated rings. The quantitative estimate of drug-likeness (QED) is 0.876. The lowest BCUT2D eigenvalue weighted by atomic mass is 10.4. The topological polar surface area (TPSA) is 75.7 Å². The first kappa shape index (κ1) is 14.4. The fourth-order valence-corrected chi connectivity index (χ4v) is 4.09. The number of aliphatic hydroxyl groups excluding tert-OH is 1. The van der Waals surface area contributed by atoms with Gasteiger partial charge in [0.2, 0.25) is 10.0 Å². The SMILES string of the molecule is Cn1cc(S(=O)(=O)N(Cc2ccco2)C2CC2)cc1CO. The van der Waals surface area contributed by atoms with Gasteiger partial charge in [0.15, 0.2) is 0 Å². The van der Waals surface area contributed by atoms with Gasteiger partial charge in [-0.15, -0.1) is 0 Å². The Kier molecular flexibility index (Phi) is 3.64. The van der Waals surface area contributed by atoms with E-state index in [1.165, 1.54) is 10.4 Å². The zero-order valence-electron chi connectivity index (χ0n) is 11.8. The molecule has 1 saturated carbocycles. The number of hydrogen-bond acceptors (Lipinski definition) is 4. The molecule has 3 rings (SSSR count). The van der Waals surface area contributed by atoms with Crippen LogP contribution in [0.5, 0.6) is 0 Å². The highest BCUT2D eigenvalue weighted by atomic mass is 32.2. The summed E-state index contributed by atoms with van der Waals surface area (Å²) in [7, 11) is -1.86. The third-order valence-corrected chi connectivity index (χ3v) is 5.56. The van der Waals surface area contributed by atoms with Crippen molar-refractivity contribution in [1.29, 1.82) is 0 Å². The van der Waals surface area contributed by atoms with Gasteiger partial charge in [-0.3, -0.25) is 0 Å². The number of aromatic nitrogens is 1. The van der Waals surface area contributed by atoms with Gasteiger partial charge in [0.05, 0.1) is 19.4 Å². The van der Waals surface area contributed by atoms with Crippen LogP contribution in [-0.2, 0) is 30.2 Å². The number of sulfonamides is 1. The number of nitrogens with zero attached hydrogens (tertiary/aromatic N) is 2. The van der Waals surface area contributed by atoms with E-state index >= 15 is 0 Å². The molecule has 0 radical (unpaired) electrons. The van der Waals surface area contributed by atoms with Gasteiger partial charge in [0.1, 0.15) is 10.7 Å². The molecule has 0 atom stereocenters. The van der Waals surface area contributed by atoms with Gasteiger partial charge < -0.3 is 14.1 Å². The normalized spacial score (nSPS) is 15.8. The molecule has 0 amide bonds. The highest BCUT2D eigenvalue weighted by molar-refractivity contribution is 7.89. The zero-order chi connectivity index (χ0) is 15.0. The summed E-state index contributed by atoms with van der Waals surface area (Å²) in [6, 6.07) is 5.08. The molecule has 1 aliphatic carbocycles. The van der Waals surface area contributed by atoms with Crippen molar-refractivity contribution in [2.24, 2.45) is 7.05 Å².